The molecule has 5 nitrogen and oxygen atoms in total. The SMILES string of the molecule is Cc1c(OC(=O)N(C)C)c(=O)ccn1-c1ccccc1. The van der Waals surface area contributed by atoms with Gasteiger partial charge < -0.3 is 14.2 Å². The molecule has 0 N–H and O–H groups in total. The molecule has 0 unspecified atom stereocenters. The van der Waals surface area contributed by atoms with Gasteiger partial charge >= 0.3 is 6.09 Å². The van der Waals surface area contributed by atoms with Crippen LogP contribution in [0.5, 0.6) is 5.75 Å². The average molecular weight is 272 g/mol. The molecule has 2 aromatic rings. The first-order valence-corrected chi connectivity index (χ1v) is 6.17. The summed E-state index contributed by atoms with van der Waals surface area (Å²) in [6.07, 6.45) is 1.09. The van der Waals surface area contributed by atoms with E-state index >= 15 is 0 Å². The summed E-state index contributed by atoms with van der Waals surface area (Å²) in [5.41, 5.74) is 1.16. The minimum Gasteiger partial charge on any atom is -0.404 e. The minimum absolute atomic E-state index is 0.0510. The number of ether oxygens (including phenoxy) is 1. The third-order valence-electron chi connectivity index (χ3n) is 2.88. The number of hydrogen-bond acceptors (Lipinski definition) is 3. The monoisotopic (exact) mass is 272 g/mol. The van der Waals surface area contributed by atoms with E-state index in [1.165, 1.54) is 11.0 Å². The van der Waals surface area contributed by atoms with Crippen molar-refractivity contribution in [3.05, 3.63) is 58.5 Å². The molecule has 0 saturated heterocycles. The zero-order valence-corrected chi connectivity index (χ0v) is 11.7. The molecule has 0 aliphatic heterocycles. The van der Waals surface area contributed by atoms with Crippen LogP contribution in [0.2, 0.25) is 0 Å². The number of pyridine rings is 1. The molecule has 0 aliphatic rings. The third kappa shape index (κ3) is 2.71. The molecule has 2 rings (SSSR count). The number of carbonyl (C=O) groups excluding carboxylic acids is 1. The van der Waals surface area contributed by atoms with Gasteiger partial charge in [-0.15, -0.1) is 0 Å². The van der Waals surface area contributed by atoms with Gasteiger partial charge in [-0.05, 0) is 19.1 Å². The smallest absolute Gasteiger partial charge is 0.404 e. The van der Waals surface area contributed by atoms with E-state index in [2.05, 4.69) is 0 Å². The summed E-state index contributed by atoms with van der Waals surface area (Å²) in [7, 11) is 3.13. The zero-order chi connectivity index (χ0) is 14.7. The predicted octanol–water partition coefficient (Wildman–Crippen LogP) is 2.21. The van der Waals surface area contributed by atoms with E-state index in [0.29, 0.717) is 5.69 Å². The molecule has 1 amide bonds. The number of para-hydroxylation sites is 1. The van der Waals surface area contributed by atoms with Crippen molar-refractivity contribution in [2.75, 3.05) is 14.1 Å². The molecule has 104 valence electrons. The molecular weight excluding hydrogens is 256 g/mol. The Hall–Kier alpha value is -2.56. The summed E-state index contributed by atoms with van der Waals surface area (Å²) in [6, 6.07) is 10.9. The molecule has 1 heterocycles. The zero-order valence-electron chi connectivity index (χ0n) is 11.7. The van der Waals surface area contributed by atoms with Crippen molar-refractivity contribution in [3.8, 4) is 11.4 Å². The number of nitrogens with zero attached hydrogens (tertiary/aromatic N) is 2. The fraction of sp³-hybridized carbons (Fsp3) is 0.200. The highest BCUT2D eigenvalue weighted by atomic mass is 16.6. The van der Waals surface area contributed by atoms with Crippen LogP contribution in [0.1, 0.15) is 5.69 Å². The van der Waals surface area contributed by atoms with E-state index < -0.39 is 6.09 Å². The lowest BCUT2D eigenvalue weighted by atomic mass is 10.2. The molecule has 0 bridgehead atoms. The number of amides is 1. The van der Waals surface area contributed by atoms with E-state index in [9.17, 15) is 9.59 Å². The lowest BCUT2D eigenvalue weighted by Crippen LogP contribution is -2.28. The Kier molecular flexibility index (Phi) is 3.89. The van der Waals surface area contributed by atoms with Crippen LogP contribution < -0.4 is 10.2 Å². The standard InChI is InChI=1S/C15H16N2O3/c1-11-14(20-15(19)16(2)3)13(18)9-10-17(11)12-7-5-4-6-8-12/h4-10H,1-3H3. The van der Waals surface area contributed by atoms with Gasteiger partial charge in [0.25, 0.3) is 0 Å². The molecule has 0 spiro atoms. The minimum atomic E-state index is -0.573. The molecule has 0 atom stereocenters. The first-order valence-electron chi connectivity index (χ1n) is 6.17. The van der Waals surface area contributed by atoms with Crippen molar-refractivity contribution in [2.24, 2.45) is 0 Å². The number of benzene rings is 1. The summed E-state index contributed by atoms with van der Waals surface area (Å²) >= 11 is 0. The van der Waals surface area contributed by atoms with Gasteiger partial charge in [0, 0.05) is 32.0 Å². The molecule has 0 saturated carbocycles. The Morgan fingerprint density at radius 1 is 1.15 bits per heavy atom. The predicted molar refractivity (Wildman–Crippen MR) is 76.5 cm³/mol. The van der Waals surface area contributed by atoms with Crippen LogP contribution in [0, 0.1) is 6.92 Å². The molecule has 1 aromatic carbocycles. The van der Waals surface area contributed by atoms with Crippen LogP contribution in [0.4, 0.5) is 4.79 Å². The fourth-order valence-corrected chi connectivity index (χ4v) is 1.79. The molecule has 0 aliphatic carbocycles. The third-order valence-corrected chi connectivity index (χ3v) is 2.88. The maximum atomic E-state index is 11.9. The van der Waals surface area contributed by atoms with Gasteiger partial charge in [-0.1, -0.05) is 18.2 Å². The number of aromatic nitrogens is 1. The number of rotatable bonds is 2. The topological polar surface area (TPSA) is 51.5 Å². The highest BCUT2D eigenvalue weighted by Gasteiger charge is 2.15. The quantitative estimate of drug-likeness (QED) is 0.842. The van der Waals surface area contributed by atoms with E-state index in [4.69, 9.17) is 4.74 Å². The first-order chi connectivity index (χ1) is 9.50. The number of carbonyl (C=O) groups is 1. The molecule has 20 heavy (non-hydrogen) atoms. The maximum absolute atomic E-state index is 11.9. The van der Waals surface area contributed by atoms with Gasteiger partial charge in [0.2, 0.25) is 5.43 Å². The van der Waals surface area contributed by atoms with Crippen LogP contribution in [-0.4, -0.2) is 29.7 Å². The second-order valence-corrected chi connectivity index (χ2v) is 4.56. The summed E-state index contributed by atoms with van der Waals surface area (Å²) in [6.45, 7) is 1.74. The Balaban J connectivity index is 2.49. The Morgan fingerprint density at radius 2 is 1.80 bits per heavy atom. The average Bonchev–Trinajstić information content (AvgIpc) is 2.44. The van der Waals surface area contributed by atoms with Crippen LogP contribution >= 0.6 is 0 Å². The number of hydrogen-bond donors (Lipinski definition) is 0. The van der Waals surface area contributed by atoms with Crippen molar-refractivity contribution in [1.29, 1.82) is 0 Å². The summed E-state index contributed by atoms with van der Waals surface area (Å²) in [4.78, 5) is 24.8. The van der Waals surface area contributed by atoms with E-state index in [1.54, 1.807) is 31.8 Å². The molecule has 5 heteroatoms. The second-order valence-electron chi connectivity index (χ2n) is 4.56. The molecule has 1 aromatic heterocycles. The Morgan fingerprint density at radius 3 is 2.40 bits per heavy atom. The van der Waals surface area contributed by atoms with Crippen LogP contribution in [-0.2, 0) is 0 Å². The van der Waals surface area contributed by atoms with Gasteiger partial charge in [0.1, 0.15) is 0 Å². The largest absolute Gasteiger partial charge is 0.414 e. The fourth-order valence-electron chi connectivity index (χ4n) is 1.79. The van der Waals surface area contributed by atoms with E-state index in [0.717, 1.165) is 5.69 Å². The first kappa shape index (κ1) is 13.9. The lowest BCUT2D eigenvalue weighted by Gasteiger charge is -2.15. The summed E-state index contributed by atoms with van der Waals surface area (Å²) in [5, 5.41) is 0. The van der Waals surface area contributed by atoms with E-state index in [1.807, 2.05) is 30.3 Å². The maximum Gasteiger partial charge on any atom is 0.414 e. The lowest BCUT2D eigenvalue weighted by molar-refractivity contribution is 0.171. The van der Waals surface area contributed by atoms with Crippen molar-refractivity contribution < 1.29 is 9.53 Å². The Labute approximate surface area is 117 Å². The van der Waals surface area contributed by atoms with Gasteiger partial charge in [0.15, 0.2) is 5.75 Å². The highest BCUT2D eigenvalue weighted by Crippen LogP contribution is 2.17. The van der Waals surface area contributed by atoms with E-state index in [-0.39, 0.29) is 11.2 Å². The van der Waals surface area contributed by atoms with Gasteiger partial charge in [0.05, 0.1) is 5.69 Å². The summed E-state index contributed by atoms with van der Waals surface area (Å²) in [5.74, 6) is 0.0510. The molecular formula is C15H16N2O3. The highest BCUT2D eigenvalue weighted by molar-refractivity contribution is 5.70. The van der Waals surface area contributed by atoms with Crippen LogP contribution in [0.15, 0.2) is 47.4 Å². The molecule has 0 radical (unpaired) electrons. The van der Waals surface area contributed by atoms with Crippen molar-refractivity contribution >= 4 is 6.09 Å². The van der Waals surface area contributed by atoms with Crippen LogP contribution in [0.25, 0.3) is 5.69 Å². The van der Waals surface area contributed by atoms with Gasteiger partial charge in [-0.3, -0.25) is 4.79 Å². The van der Waals surface area contributed by atoms with Crippen molar-refractivity contribution in [1.82, 2.24) is 9.47 Å². The van der Waals surface area contributed by atoms with Crippen LogP contribution in [0.3, 0.4) is 0 Å². The Bertz CT molecular complexity index is 675. The van der Waals surface area contributed by atoms with Gasteiger partial charge in [-0.25, -0.2) is 4.79 Å². The van der Waals surface area contributed by atoms with Gasteiger partial charge in [-0.2, -0.15) is 0 Å². The van der Waals surface area contributed by atoms with Crippen molar-refractivity contribution in [2.45, 2.75) is 6.92 Å². The van der Waals surface area contributed by atoms with Crippen molar-refractivity contribution in [3.63, 3.8) is 0 Å². The second kappa shape index (κ2) is 5.61. The summed E-state index contributed by atoms with van der Waals surface area (Å²) < 4.78 is 6.96. The normalized spacial score (nSPS) is 10.2. The molecule has 0 fully saturated rings.